The molecule has 2 nitrogen and oxygen atoms in total. The molecule has 0 aliphatic rings. The first kappa shape index (κ1) is 16.6. The molecule has 16 heavy (non-hydrogen) atoms. The van der Waals surface area contributed by atoms with Gasteiger partial charge >= 0.3 is 0 Å². The third kappa shape index (κ3) is 14.7. The summed E-state index contributed by atoms with van der Waals surface area (Å²) in [5.74, 6) is 0. The second-order valence-electron chi connectivity index (χ2n) is 2.39. The topological polar surface area (TPSA) is 28.7 Å². The average molecular weight is 237 g/mol. The van der Waals surface area contributed by atoms with E-state index in [0.29, 0.717) is 0 Å². The number of hydrogen-bond donors (Lipinski definition) is 1. The molecule has 1 heterocycles. The van der Waals surface area contributed by atoms with Gasteiger partial charge in [0.25, 0.3) is 0 Å². The number of aromatic nitrogens is 2. The first-order chi connectivity index (χ1) is 7.41. The summed E-state index contributed by atoms with van der Waals surface area (Å²) in [4.78, 5) is 6.42. The van der Waals surface area contributed by atoms with Crippen LogP contribution in [0.25, 0.3) is 0 Å². The van der Waals surface area contributed by atoms with Crippen LogP contribution in [0.15, 0.2) is 80.4 Å². The number of rotatable bonds is 1. The quantitative estimate of drug-likeness (QED) is 0.748. The Hall–Kier alpha value is -1.80. The van der Waals surface area contributed by atoms with Gasteiger partial charge in [0.2, 0.25) is 0 Å². The van der Waals surface area contributed by atoms with Crippen molar-refractivity contribution in [1.82, 2.24) is 9.97 Å². The number of benzene rings is 1. The summed E-state index contributed by atoms with van der Waals surface area (Å²) in [5.41, 5.74) is 0. The monoisotopic (exact) mass is 236 g/mol. The first-order valence-electron chi connectivity index (χ1n) is 4.58. The van der Waals surface area contributed by atoms with Gasteiger partial charge in [-0.25, -0.2) is 4.98 Å². The lowest BCUT2D eigenvalue weighted by Gasteiger charge is -1.69. The van der Waals surface area contributed by atoms with Gasteiger partial charge in [-0.05, 0) is 0 Å². The summed E-state index contributed by atoms with van der Waals surface area (Å²) in [6.07, 6.45) is 8.36. The minimum Gasteiger partial charge on any atom is -0.351 e. The van der Waals surface area contributed by atoms with E-state index < -0.39 is 0 Å². The smallest absolute Gasteiger partial charge is 0.0919 e. The molecule has 1 aromatic carbocycles. The van der Waals surface area contributed by atoms with Gasteiger partial charge in [-0.2, -0.15) is 0 Å². The highest BCUT2D eigenvalue weighted by Gasteiger charge is 1.58. The molecule has 1 aromatic heterocycles. The number of hydrogen-bond acceptors (Lipinski definition) is 1. The maximum atomic E-state index is 3.67. The fourth-order valence-corrected chi connectivity index (χ4v) is 0.600. The van der Waals surface area contributed by atoms with E-state index in [-0.39, 0.29) is 12.4 Å². The van der Waals surface area contributed by atoms with Crippen molar-refractivity contribution >= 4 is 12.4 Å². The number of imidazole rings is 1. The van der Waals surface area contributed by atoms with Crippen LogP contribution >= 0.6 is 12.4 Å². The highest BCUT2D eigenvalue weighted by Crippen LogP contribution is 1.79. The van der Waals surface area contributed by atoms with Crippen molar-refractivity contribution in [2.24, 2.45) is 0 Å². The van der Waals surface area contributed by atoms with Crippen molar-refractivity contribution in [2.75, 3.05) is 0 Å². The van der Waals surface area contributed by atoms with Crippen LogP contribution in [0, 0.1) is 0 Å². The Balaban J connectivity index is 0. The number of nitrogens with one attached hydrogen (secondary N) is 1. The summed E-state index contributed by atoms with van der Waals surface area (Å²) in [5, 5.41) is 0. The zero-order valence-corrected chi connectivity index (χ0v) is 9.94. The maximum Gasteiger partial charge on any atom is 0.0919 e. The van der Waals surface area contributed by atoms with Crippen LogP contribution in [0.5, 0.6) is 0 Å². The van der Waals surface area contributed by atoms with Crippen molar-refractivity contribution in [2.45, 2.75) is 0 Å². The van der Waals surface area contributed by atoms with Crippen LogP contribution in [-0.4, -0.2) is 9.97 Å². The van der Waals surface area contributed by atoms with Gasteiger partial charge < -0.3 is 4.98 Å². The molecular formula is C13H17ClN2. The van der Waals surface area contributed by atoms with Crippen LogP contribution in [0.1, 0.15) is 0 Å². The fourth-order valence-electron chi connectivity index (χ4n) is 0.600. The Kier molecular flexibility index (Phi) is 16.3. The van der Waals surface area contributed by atoms with Crippen molar-refractivity contribution in [3.8, 4) is 0 Å². The molecule has 0 saturated carbocycles. The number of H-pyrrole nitrogens is 1. The molecule has 2 aromatic rings. The lowest BCUT2D eigenvalue weighted by atomic mass is 10.4. The fraction of sp³-hybridized carbons (Fsp3) is 0. The lowest BCUT2D eigenvalue weighted by Crippen LogP contribution is -1.47. The zero-order valence-electron chi connectivity index (χ0n) is 9.12. The minimum absolute atomic E-state index is 0. The molecule has 0 fully saturated rings. The van der Waals surface area contributed by atoms with Crippen LogP contribution < -0.4 is 0 Å². The third-order valence-corrected chi connectivity index (χ3v) is 1.24. The SMILES string of the molecule is C=CC=C.Cl.c1c[nH]cn1.c1ccccc1. The normalized spacial score (nSPS) is 6.75. The largest absolute Gasteiger partial charge is 0.351 e. The molecule has 0 amide bonds. The summed E-state index contributed by atoms with van der Waals surface area (Å²) in [7, 11) is 0. The molecule has 1 N–H and O–H groups in total. The zero-order chi connectivity index (χ0) is 11.2. The van der Waals surface area contributed by atoms with Crippen LogP contribution in [0.2, 0.25) is 0 Å². The van der Waals surface area contributed by atoms with Gasteiger partial charge in [0.05, 0.1) is 6.33 Å². The number of halogens is 1. The summed E-state index contributed by atoms with van der Waals surface area (Å²) < 4.78 is 0. The standard InChI is InChI=1S/C6H6.C4H6.C3H4N2.ClH/c1-2-4-6-5-3-1;1-3-4-2;1-2-5-3-4-1;/h1-6H;3-4H,1-2H2;1-3H,(H,4,5);1H. The Labute approximate surface area is 103 Å². The maximum absolute atomic E-state index is 3.67. The third-order valence-electron chi connectivity index (χ3n) is 1.24. The van der Waals surface area contributed by atoms with Gasteiger partial charge in [-0.3, -0.25) is 0 Å². The summed E-state index contributed by atoms with van der Waals surface area (Å²) >= 11 is 0. The van der Waals surface area contributed by atoms with Crippen LogP contribution in [0.4, 0.5) is 0 Å². The number of nitrogens with zero attached hydrogens (tertiary/aromatic N) is 1. The highest BCUT2D eigenvalue weighted by molar-refractivity contribution is 5.85. The molecular weight excluding hydrogens is 220 g/mol. The van der Waals surface area contributed by atoms with Crippen molar-refractivity contribution < 1.29 is 0 Å². The van der Waals surface area contributed by atoms with E-state index in [0.717, 1.165) is 0 Å². The molecule has 86 valence electrons. The summed E-state index contributed by atoms with van der Waals surface area (Å²) in [6.45, 7) is 6.72. The predicted molar refractivity (Wildman–Crippen MR) is 72.7 cm³/mol. The second kappa shape index (κ2) is 15.7. The van der Waals surface area contributed by atoms with E-state index in [2.05, 4.69) is 23.1 Å². The minimum atomic E-state index is 0. The van der Waals surface area contributed by atoms with Gasteiger partial charge in [-0.15, -0.1) is 12.4 Å². The summed E-state index contributed by atoms with van der Waals surface area (Å²) in [6, 6.07) is 12.0. The molecule has 0 bridgehead atoms. The average Bonchev–Trinajstić information content (AvgIpc) is 2.90. The van der Waals surface area contributed by atoms with Crippen LogP contribution in [0.3, 0.4) is 0 Å². The van der Waals surface area contributed by atoms with Crippen LogP contribution in [-0.2, 0) is 0 Å². The number of aromatic amines is 1. The Morgan fingerprint density at radius 1 is 0.875 bits per heavy atom. The van der Waals surface area contributed by atoms with E-state index in [1.807, 2.05) is 36.4 Å². The van der Waals surface area contributed by atoms with E-state index in [1.165, 1.54) is 0 Å². The van der Waals surface area contributed by atoms with E-state index in [1.54, 1.807) is 30.9 Å². The molecule has 0 spiro atoms. The van der Waals surface area contributed by atoms with E-state index in [4.69, 9.17) is 0 Å². The molecule has 0 atom stereocenters. The molecule has 0 aliphatic heterocycles. The number of allylic oxidation sites excluding steroid dienone is 2. The molecule has 0 saturated heterocycles. The molecule has 0 aliphatic carbocycles. The van der Waals surface area contributed by atoms with Gasteiger partial charge in [-0.1, -0.05) is 61.7 Å². The van der Waals surface area contributed by atoms with Gasteiger partial charge in [0, 0.05) is 12.4 Å². The highest BCUT2D eigenvalue weighted by atomic mass is 35.5. The molecule has 3 heteroatoms. The van der Waals surface area contributed by atoms with Gasteiger partial charge in [0.1, 0.15) is 0 Å². The Morgan fingerprint density at radius 3 is 1.44 bits per heavy atom. The first-order valence-corrected chi connectivity index (χ1v) is 4.58. The van der Waals surface area contributed by atoms with E-state index in [9.17, 15) is 0 Å². The van der Waals surface area contributed by atoms with Crippen molar-refractivity contribution in [3.05, 3.63) is 80.4 Å². The van der Waals surface area contributed by atoms with E-state index >= 15 is 0 Å². The second-order valence-corrected chi connectivity index (χ2v) is 2.39. The van der Waals surface area contributed by atoms with Crippen molar-refractivity contribution in [1.29, 1.82) is 0 Å². The van der Waals surface area contributed by atoms with Gasteiger partial charge in [0.15, 0.2) is 0 Å². The lowest BCUT2D eigenvalue weighted by molar-refractivity contribution is 1.31. The molecule has 0 unspecified atom stereocenters. The van der Waals surface area contributed by atoms with Crippen molar-refractivity contribution in [3.63, 3.8) is 0 Å². The predicted octanol–water partition coefficient (Wildman–Crippen LogP) is 3.88. The Morgan fingerprint density at radius 2 is 1.31 bits per heavy atom. The molecule has 0 radical (unpaired) electrons. The molecule has 2 rings (SSSR count). The Bertz CT molecular complexity index is 267.